The van der Waals surface area contributed by atoms with E-state index in [4.69, 9.17) is 5.73 Å². The summed E-state index contributed by atoms with van der Waals surface area (Å²) in [6.45, 7) is 0. The lowest BCUT2D eigenvalue weighted by atomic mass is 10.2. The maximum Gasteiger partial charge on any atom is 0.251 e. The lowest BCUT2D eigenvalue weighted by Gasteiger charge is -2.01. The minimum absolute atomic E-state index is 0.117. The van der Waals surface area contributed by atoms with Crippen LogP contribution in [0.4, 0.5) is 0 Å². The van der Waals surface area contributed by atoms with Crippen LogP contribution in [0.1, 0.15) is 5.82 Å². The van der Waals surface area contributed by atoms with Crippen molar-refractivity contribution < 1.29 is 4.79 Å². The van der Waals surface area contributed by atoms with Crippen molar-refractivity contribution in [1.82, 2.24) is 19.9 Å². The number of nitrogens with zero attached hydrogens (tertiary/aromatic N) is 3. The number of carbonyl (C=O) groups excluding carboxylic acids is 1. The van der Waals surface area contributed by atoms with Gasteiger partial charge in [-0.2, -0.15) is 0 Å². The number of aromatic nitrogens is 4. The second kappa shape index (κ2) is 4.52. The van der Waals surface area contributed by atoms with Gasteiger partial charge in [-0.3, -0.25) is 9.59 Å². The van der Waals surface area contributed by atoms with Crippen LogP contribution in [0.25, 0.3) is 11.4 Å². The van der Waals surface area contributed by atoms with Gasteiger partial charge in [-0.05, 0) is 6.07 Å². The van der Waals surface area contributed by atoms with E-state index < -0.39 is 5.91 Å². The van der Waals surface area contributed by atoms with Crippen LogP contribution < -0.4 is 11.3 Å². The first-order valence-electron chi connectivity index (χ1n) is 4.80. The van der Waals surface area contributed by atoms with Gasteiger partial charge in [0.1, 0.15) is 12.2 Å². The molecular formula is C10H9N5O2. The zero-order valence-corrected chi connectivity index (χ0v) is 8.75. The SMILES string of the molecule is NC(=O)Cc1nc(-c2ccncn2)cc(=O)[nH]1. The van der Waals surface area contributed by atoms with Gasteiger partial charge in [0, 0.05) is 12.3 Å². The Morgan fingerprint density at radius 2 is 2.24 bits per heavy atom. The highest BCUT2D eigenvalue weighted by atomic mass is 16.1. The molecule has 1 amide bonds. The molecule has 17 heavy (non-hydrogen) atoms. The molecule has 0 saturated carbocycles. The highest BCUT2D eigenvalue weighted by Gasteiger charge is 2.06. The van der Waals surface area contributed by atoms with Crippen LogP contribution >= 0.6 is 0 Å². The molecule has 7 heteroatoms. The van der Waals surface area contributed by atoms with E-state index in [1.54, 1.807) is 12.3 Å². The average molecular weight is 231 g/mol. The largest absolute Gasteiger partial charge is 0.369 e. The van der Waals surface area contributed by atoms with Crippen molar-refractivity contribution in [3.05, 3.63) is 40.8 Å². The fraction of sp³-hybridized carbons (Fsp3) is 0.100. The van der Waals surface area contributed by atoms with E-state index in [1.807, 2.05) is 0 Å². The number of nitrogens with one attached hydrogen (secondary N) is 1. The summed E-state index contributed by atoms with van der Waals surface area (Å²) in [5, 5.41) is 0. The smallest absolute Gasteiger partial charge is 0.251 e. The van der Waals surface area contributed by atoms with E-state index in [9.17, 15) is 9.59 Å². The number of aromatic amines is 1. The predicted molar refractivity (Wildman–Crippen MR) is 58.8 cm³/mol. The fourth-order valence-corrected chi connectivity index (χ4v) is 1.33. The van der Waals surface area contributed by atoms with Crippen molar-refractivity contribution in [2.75, 3.05) is 0 Å². The molecule has 0 aliphatic carbocycles. The van der Waals surface area contributed by atoms with Crippen LogP contribution in [-0.4, -0.2) is 25.8 Å². The number of H-pyrrole nitrogens is 1. The summed E-state index contributed by atoms with van der Waals surface area (Å²) in [5.74, 6) is -0.341. The van der Waals surface area contributed by atoms with Gasteiger partial charge in [-0.1, -0.05) is 0 Å². The van der Waals surface area contributed by atoms with E-state index in [-0.39, 0.29) is 17.8 Å². The first-order valence-corrected chi connectivity index (χ1v) is 4.80. The summed E-state index contributed by atoms with van der Waals surface area (Å²) in [6.07, 6.45) is 2.78. The van der Waals surface area contributed by atoms with Crippen LogP contribution in [-0.2, 0) is 11.2 Å². The molecule has 0 radical (unpaired) electrons. The Balaban J connectivity index is 2.45. The summed E-state index contributed by atoms with van der Waals surface area (Å²) in [7, 11) is 0. The molecule has 2 aromatic heterocycles. The molecule has 0 aromatic carbocycles. The highest BCUT2D eigenvalue weighted by molar-refractivity contribution is 5.75. The first kappa shape index (κ1) is 10.9. The topological polar surface area (TPSA) is 115 Å². The molecule has 0 fully saturated rings. The Morgan fingerprint density at radius 3 is 2.88 bits per heavy atom. The van der Waals surface area contributed by atoms with Crippen molar-refractivity contribution in [3.8, 4) is 11.4 Å². The Morgan fingerprint density at radius 1 is 1.41 bits per heavy atom. The maximum atomic E-state index is 11.4. The Bertz CT molecular complexity index is 593. The molecule has 7 nitrogen and oxygen atoms in total. The van der Waals surface area contributed by atoms with Gasteiger partial charge in [-0.15, -0.1) is 0 Å². The van der Waals surface area contributed by atoms with Gasteiger partial charge in [-0.25, -0.2) is 15.0 Å². The molecule has 0 atom stereocenters. The van der Waals surface area contributed by atoms with Gasteiger partial charge in [0.05, 0.1) is 17.8 Å². The molecule has 0 aliphatic heterocycles. The minimum Gasteiger partial charge on any atom is -0.369 e. The number of hydrogen-bond acceptors (Lipinski definition) is 5. The van der Waals surface area contributed by atoms with Gasteiger partial charge in [0.25, 0.3) is 5.56 Å². The van der Waals surface area contributed by atoms with E-state index in [0.29, 0.717) is 11.4 Å². The normalized spacial score (nSPS) is 10.1. The molecule has 2 aromatic rings. The third-order valence-corrected chi connectivity index (χ3v) is 1.98. The number of primary amides is 1. The quantitative estimate of drug-likeness (QED) is 0.721. The average Bonchev–Trinajstić information content (AvgIpc) is 2.28. The van der Waals surface area contributed by atoms with Crippen LogP contribution in [0.15, 0.2) is 29.5 Å². The van der Waals surface area contributed by atoms with Gasteiger partial charge in [0.15, 0.2) is 0 Å². The molecular weight excluding hydrogens is 222 g/mol. The molecule has 0 aliphatic rings. The zero-order valence-electron chi connectivity index (χ0n) is 8.75. The van der Waals surface area contributed by atoms with Crippen LogP contribution in [0.5, 0.6) is 0 Å². The zero-order chi connectivity index (χ0) is 12.3. The van der Waals surface area contributed by atoms with E-state index in [0.717, 1.165) is 0 Å². The third-order valence-electron chi connectivity index (χ3n) is 1.98. The van der Waals surface area contributed by atoms with Crippen molar-refractivity contribution in [1.29, 1.82) is 0 Å². The lowest BCUT2D eigenvalue weighted by Crippen LogP contribution is -2.19. The van der Waals surface area contributed by atoms with E-state index >= 15 is 0 Å². The monoisotopic (exact) mass is 231 g/mol. The molecule has 2 rings (SSSR count). The lowest BCUT2D eigenvalue weighted by molar-refractivity contribution is -0.117. The highest BCUT2D eigenvalue weighted by Crippen LogP contribution is 2.09. The van der Waals surface area contributed by atoms with Gasteiger partial charge >= 0.3 is 0 Å². The summed E-state index contributed by atoms with van der Waals surface area (Å²) < 4.78 is 0. The van der Waals surface area contributed by atoms with E-state index in [2.05, 4.69) is 19.9 Å². The fourth-order valence-electron chi connectivity index (χ4n) is 1.33. The summed E-state index contributed by atoms with van der Waals surface area (Å²) in [4.78, 5) is 36.4. The first-order chi connectivity index (χ1) is 8.15. The predicted octanol–water partition coefficient (Wildman–Crippen LogP) is -0.745. The number of carbonyl (C=O) groups is 1. The summed E-state index contributed by atoms with van der Waals surface area (Å²) in [5.41, 5.74) is 5.57. The molecule has 0 bridgehead atoms. The standard InChI is InChI=1S/C10H9N5O2/c11-8(16)4-9-14-7(3-10(17)15-9)6-1-2-12-5-13-6/h1-3,5H,4H2,(H2,11,16)(H,14,15,17). The molecule has 2 heterocycles. The van der Waals surface area contributed by atoms with Gasteiger partial charge < -0.3 is 10.7 Å². The Labute approximate surface area is 95.8 Å². The second-order valence-electron chi connectivity index (χ2n) is 3.32. The minimum atomic E-state index is -0.562. The number of nitrogens with two attached hydrogens (primary N) is 1. The summed E-state index contributed by atoms with van der Waals surface area (Å²) >= 11 is 0. The van der Waals surface area contributed by atoms with Crippen molar-refractivity contribution in [3.63, 3.8) is 0 Å². The number of rotatable bonds is 3. The molecule has 86 valence electrons. The Kier molecular flexibility index (Phi) is 2.91. The number of amides is 1. The Hall–Kier alpha value is -2.57. The van der Waals surface area contributed by atoms with Crippen molar-refractivity contribution >= 4 is 5.91 Å². The van der Waals surface area contributed by atoms with E-state index in [1.165, 1.54) is 12.4 Å². The summed E-state index contributed by atoms with van der Waals surface area (Å²) in [6, 6.07) is 2.92. The molecule has 0 unspecified atom stereocenters. The molecule has 0 saturated heterocycles. The maximum absolute atomic E-state index is 11.4. The van der Waals surface area contributed by atoms with Gasteiger partial charge in [0.2, 0.25) is 5.91 Å². The number of hydrogen-bond donors (Lipinski definition) is 2. The van der Waals surface area contributed by atoms with Crippen molar-refractivity contribution in [2.45, 2.75) is 6.42 Å². The van der Waals surface area contributed by atoms with Crippen LogP contribution in [0.3, 0.4) is 0 Å². The molecule has 3 N–H and O–H groups in total. The second-order valence-corrected chi connectivity index (χ2v) is 3.32. The third kappa shape index (κ3) is 2.71. The molecule has 0 spiro atoms. The van der Waals surface area contributed by atoms with Crippen LogP contribution in [0.2, 0.25) is 0 Å². The van der Waals surface area contributed by atoms with Crippen LogP contribution in [0, 0.1) is 0 Å². The van der Waals surface area contributed by atoms with Crippen molar-refractivity contribution in [2.24, 2.45) is 5.73 Å².